The van der Waals surface area contributed by atoms with Crippen molar-refractivity contribution in [2.24, 2.45) is 0 Å². The number of rotatable bonds is 5. The summed E-state index contributed by atoms with van der Waals surface area (Å²) in [6.07, 6.45) is -0.515. The van der Waals surface area contributed by atoms with Gasteiger partial charge in [0.05, 0.1) is 11.9 Å². The quantitative estimate of drug-likeness (QED) is 0.861. The van der Waals surface area contributed by atoms with Crippen LogP contribution in [0.1, 0.15) is 32.4 Å². The molecule has 0 saturated carbocycles. The summed E-state index contributed by atoms with van der Waals surface area (Å²) in [7, 11) is 0. The highest BCUT2D eigenvalue weighted by Crippen LogP contribution is 2.17. The fourth-order valence-corrected chi connectivity index (χ4v) is 2.28. The molecule has 0 radical (unpaired) electrons. The van der Waals surface area contributed by atoms with Crippen LogP contribution < -0.4 is 5.32 Å². The predicted molar refractivity (Wildman–Crippen MR) is 76.6 cm³/mol. The second-order valence-electron chi connectivity index (χ2n) is 5.24. The number of benzene rings is 1. The molecule has 1 amide bonds. The lowest BCUT2D eigenvalue weighted by molar-refractivity contribution is -0.119. The summed E-state index contributed by atoms with van der Waals surface area (Å²) in [5, 5.41) is 12.8. The summed E-state index contributed by atoms with van der Waals surface area (Å²) in [6, 6.07) is 9.49. The molecule has 0 aliphatic carbocycles. The van der Waals surface area contributed by atoms with Crippen molar-refractivity contribution in [2.75, 3.05) is 11.5 Å². The highest BCUT2D eigenvalue weighted by Gasteiger charge is 2.14. The van der Waals surface area contributed by atoms with Gasteiger partial charge in [0.2, 0.25) is 5.91 Å². The smallest absolute Gasteiger partial charge is 0.230 e. The van der Waals surface area contributed by atoms with Gasteiger partial charge >= 0.3 is 0 Å². The Bertz CT molecular complexity index is 373. The van der Waals surface area contributed by atoms with Gasteiger partial charge in [0.25, 0.3) is 0 Å². The molecule has 0 aliphatic rings. The zero-order chi connectivity index (χ0) is 13.6. The van der Waals surface area contributed by atoms with E-state index in [9.17, 15) is 9.90 Å². The summed E-state index contributed by atoms with van der Waals surface area (Å²) in [4.78, 5) is 11.6. The zero-order valence-electron chi connectivity index (χ0n) is 11.1. The maximum absolute atomic E-state index is 11.6. The van der Waals surface area contributed by atoms with Crippen LogP contribution in [0.25, 0.3) is 0 Å². The third-order valence-electron chi connectivity index (χ3n) is 2.21. The van der Waals surface area contributed by atoms with Gasteiger partial charge in [0, 0.05) is 11.3 Å². The Morgan fingerprint density at radius 3 is 2.50 bits per heavy atom. The Labute approximate surface area is 113 Å². The van der Waals surface area contributed by atoms with Gasteiger partial charge in [-0.2, -0.15) is 0 Å². The van der Waals surface area contributed by atoms with E-state index in [0.717, 1.165) is 5.56 Å². The van der Waals surface area contributed by atoms with Crippen LogP contribution in [0.2, 0.25) is 0 Å². The topological polar surface area (TPSA) is 49.3 Å². The van der Waals surface area contributed by atoms with E-state index in [1.54, 1.807) is 0 Å². The minimum atomic E-state index is -0.515. The number of hydrogen-bond acceptors (Lipinski definition) is 3. The van der Waals surface area contributed by atoms with E-state index in [4.69, 9.17) is 0 Å². The number of amides is 1. The lowest BCUT2D eigenvalue weighted by atomic mass is 10.1. The Hall–Kier alpha value is -1.00. The van der Waals surface area contributed by atoms with Gasteiger partial charge in [0.1, 0.15) is 0 Å². The molecule has 4 heteroatoms. The number of aliphatic hydroxyl groups excluding tert-OH is 1. The van der Waals surface area contributed by atoms with Crippen molar-refractivity contribution in [3.8, 4) is 0 Å². The number of carbonyl (C=O) groups excluding carboxylic acids is 1. The van der Waals surface area contributed by atoms with E-state index in [1.807, 2.05) is 51.1 Å². The molecule has 0 spiro atoms. The normalized spacial score (nSPS) is 13.1. The van der Waals surface area contributed by atoms with Crippen molar-refractivity contribution < 1.29 is 9.90 Å². The van der Waals surface area contributed by atoms with Crippen molar-refractivity contribution in [2.45, 2.75) is 32.4 Å². The van der Waals surface area contributed by atoms with Crippen molar-refractivity contribution >= 4 is 17.7 Å². The number of nitrogens with one attached hydrogen (secondary N) is 1. The predicted octanol–water partition coefficient (Wildman–Crippen LogP) is 2.37. The SMILES string of the molecule is CC(C)(C)NC(=O)CSC[C@@H](O)c1ccccc1. The molecule has 1 rings (SSSR count). The van der Waals surface area contributed by atoms with Crippen LogP contribution in [0.4, 0.5) is 0 Å². The summed E-state index contributed by atoms with van der Waals surface area (Å²) >= 11 is 1.44. The molecule has 0 heterocycles. The van der Waals surface area contributed by atoms with Gasteiger partial charge in [0.15, 0.2) is 0 Å². The van der Waals surface area contributed by atoms with Crippen LogP contribution in [-0.2, 0) is 4.79 Å². The van der Waals surface area contributed by atoms with Gasteiger partial charge in [-0.05, 0) is 26.3 Å². The number of thioether (sulfide) groups is 1. The van der Waals surface area contributed by atoms with Crippen LogP contribution >= 0.6 is 11.8 Å². The Kier molecular flexibility index (Phi) is 5.69. The molecule has 2 N–H and O–H groups in total. The summed E-state index contributed by atoms with van der Waals surface area (Å²) in [5.74, 6) is 0.913. The fraction of sp³-hybridized carbons (Fsp3) is 0.500. The maximum atomic E-state index is 11.6. The Balaban J connectivity index is 2.28. The highest BCUT2D eigenvalue weighted by molar-refractivity contribution is 7.99. The largest absolute Gasteiger partial charge is 0.388 e. The second kappa shape index (κ2) is 6.81. The Morgan fingerprint density at radius 1 is 1.33 bits per heavy atom. The van der Waals surface area contributed by atoms with Crippen molar-refractivity contribution in [1.82, 2.24) is 5.32 Å². The van der Waals surface area contributed by atoms with Crippen LogP contribution in [0.5, 0.6) is 0 Å². The molecule has 3 nitrogen and oxygen atoms in total. The second-order valence-corrected chi connectivity index (χ2v) is 6.27. The maximum Gasteiger partial charge on any atom is 0.230 e. The molecular formula is C14H21NO2S. The average Bonchev–Trinajstić information content (AvgIpc) is 2.27. The van der Waals surface area contributed by atoms with Crippen LogP contribution in [0, 0.1) is 0 Å². The molecule has 1 aromatic carbocycles. The average molecular weight is 267 g/mol. The monoisotopic (exact) mass is 267 g/mol. The van der Waals surface area contributed by atoms with Gasteiger partial charge in [-0.1, -0.05) is 30.3 Å². The molecule has 0 fully saturated rings. The van der Waals surface area contributed by atoms with Crippen LogP contribution in [-0.4, -0.2) is 28.1 Å². The molecule has 100 valence electrons. The lowest BCUT2D eigenvalue weighted by Gasteiger charge is -2.20. The van der Waals surface area contributed by atoms with E-state index in [1.165, 1.54) is 11.8 Å². The van der Waals surface area contributed by atoms with Gasteiger partial charge in [-0.25, -0.2) is 0 Å². The van der Waals surface area contributed by atoms with Crippen LogP contribution in [0.3, 0.4) is 0 Å². The highest BCUT2D eigenvalue weighted by atomic mass is 32.2. The van der Waals surface area contributed by atoms with E-state index in [-0.39, 0.29) is 11.4 Å². The lowest BCUT2D eigenvalue weighted by Crippen LogP contribution is -2.41. The third-order valence-corrected chi connectivity index (χ3v) is 3.23. The molecule has 0 aromatic heterocycles. The Morgan fingerprint density at radius 2 is 1.94 bits per heavy atom. The third kappa shape index (κ3) is 6.07. The van der Waals surface area contributed by atoms with Crippen molar-refractivity contribution in [3.05, 3.63) is 35.9 Å². The van der Waals surface area contributed by atoms with Crippen LogP contribution in [0.15, 0.2) is 30.3 Å². The standard InChI is InChI=1S/C14H21NO2S/c1-14(2,3)15-13(17)10-18-9-12(16)11-7-5-4-6-8-11/h4-8,12,16H,9-10H2,1-3H3,(H,15,17)/t12-/m1/s1. The minimum absolute atomic E-state index is 0.00719. The van der Waals surface area contributed by atoms with E-state index in [0.29, 0.717) is 11.5 Å². The first-order chi connectivity index (χ1) is 8.38. The number of aliphatic hydroxyl groups is 1. The molecule has 1 atom stereocenters. The van der Waals surface area contributed by atoms with Crippen molar-refractivity contribution in [3.63, 3.8) is 0 Å². The molecule has 0 bridgehead atoms. The fourth-order valence-electron chi connectivity index (χ4n) is 1.49. The van der Waals surface area contributed by atoms with E-state index >= 15 is 0 Å². The molecule has 1 aromatic rings. The summed E-state index contributed by atoms with van der Waals surface area (Å²) < 4.78 is 0. The van der Waals surface area contributed by atoms with Gasteiger partial charge in [-0.3, -0.25) is 4.79 Å². The molecule has 0 saturated heterocycles. The first-order valence-corrected chi connectivity index (χ1v) is 7.16. The molecule has 0 aliphatic heterocycles. The van der Waals surface area contributed by atoms with Gasteiger partial charge in [-0.15, -0.1) is 11.8 Å². The molecule has 0 unspecified atom stereocenters. The zero-order valence-corrected chi connectivity index (χ0v) is 12.0. The van der Waals surface area contributed by atoms with Crippen molar-refractivity contribution in [1.29, 1.82) is 0 Å². The number of carbonyl (C=O) groups is 1. The minimum Gasteiger partial charge on any atom is -0.388 e. The van der Waals surface area contributed by atoms with E-state index < -0.39 is 6.10 Å². The summed E-state index contributed by atoms with van der Waals surface area (Å²) in [6.45, 7) is 5.86. The molecule has 18 heavy (non-hydrogen) atoms. The first kappa shape index (κ1) is 15.1. The molecular weight excluding hydrogens is 246 g/mol. The number of hydrogen-bond donors (Lipinski definition) is 2. The first-order valence-electron chi connectivity index (χ1n) is 6.00. The summed E-state index contributed by atoms with van der Waals surface area (Å²) in [5.41, 5.74) is 0.691. The van der Waals surface area contributed by atoms with Gasteiger partial charge < -0.3 is 10.4 Å². The van der Waals surface area contributed by atoms with E-state index in [2.05, 4.69) is 5.32 Å².